The number of aromatic amines is 1. The van der Waals surface area contributed by atoms with Crippen molar-refractivity contribution in [3.8, 4) is 11.3 Å². The molecule has 2 aromatic rings. The van der Waals surface area contributed by atoms with Gasteiger partial charge in [0.1, 0.15) is 0 Å². The van der Waals surface area contributed by atoms with Crippen molar-refractivity contribution >= 4 is 0 Å². The van der Waals surface area contributed by atoms with Crippen molar-refractivity contribution in [2.45, 2.75) is 20.3 Å². The molecule has 18 heavy (non-hydrogen) atoms. The largest absolute Gasteiger partial charge is 0.345 e. The normalized spacial score (nSPS) is 10.9. The van der Waals surface area contributed by atoms with Crippen molar-refractivity contribution in [3.05, 3.63) is 52.3 Å². The van der Waals surface area contributed by atoms with Crippen molar-refractivity contribution in [2.24, 2.45) is 5.92 Å². The maximum absolute atomic E-state index is 13.6. The van der Waals surface area contributed by atoms with Crippen LogP contribution in [-0.4, -0.2) is 9.97 Å². The summed E-state index contributed by atoms with van der Waals surface area (Å²) in [4.78, 5) is 16.9. The van der Waals surface area contributed by atoms with Crippen LogP contribution in [0, 0.1) is 11.7 Å². The van der Waals surface area contributed by atoms with Gasteiger partial charge in [-0.2, -0.15) is 4.98 Å². The highest BCUT2D eigenvalue weighted by Gasteiger charge is 2.07. The Kier molecular flexibility index (Phi) is 3.55. The predicted octanol–water partition coefficient (Wildman–Crippen LogP) is 2.77. The van der Waals surface area contributed by atoms with Crippen LogP contribution in [0.4, 0.5) is 4.39 Å². The number of nitrogens with zero attached hydrogens (tertiary/aromatic N) is 1. The third-order valence-electron chi connectivity index (χ3n) is 2.63. The molecule has 1 N–H and O–H groups in total. The number of benzene rings is 1. The molecule has 1 heterocycles. The Morgan fingerprint density at radius 2 is 2.17 bits per heavy atom. The van der Waals surface area contributed by atoms with Crippen molar-refractivity contribution in [1.29, 1.82) is 0 Å². The van der Waals surface area contributed by atoms with E-state index in [-0.39, 0.29) is 5.69 Å². The molecule has 0 aliphatic carbocycles. The molecular weight excluding hydrogens is 231 g/mol. The van der Waals surface area contributed by atoms with Crippen LogP contribution in [0.5, 0.6) is 0 Å². The molecule has 94 valence electrons. The van der Waals surface area contributed by atoms with Crippen LogP contribution in [0.1, 0.15) is 19.4 Å². The minimum absolute atomic E-state index is 0.195. The Hall–Kier alpha value is -1.97. The lowest BCUT2D eigenvalue weighted by atomic mass is 10.00. The monoisotopic (exact) mass is 246 g/mol. The van der Waals surface area contributed by atoms with Gasteiger partial charge in [-0.1, -0.05) is 32.0 Å². The molecule has 0 atom stereocenters. The summed E-state index contributed by atoms with van der Waals surface area (Å²) in [5.41, 5.74) is 1.45. The van der Waals surface area contributed by atoms with Gasteiger partial charge >= 0.3 is 5.69 Å². The average molecular weight is 246 g/mol. The van der Waals surface area contributed by atoms with E-state index in [1.165, 1.54) is 0 Å². The van der Waals surface area contributed by atoms with Gasteiger partial charge in [-0.15, -0.1) is 0 Å². The second-order valence-corrected chi connectivity index (χ2v) is 4.71. The van der Waals surface area contributed by atoms with Crippen LogP contribution in [-0.2, 0) is 6.42 Å². The molecular formula is C14H15FN2O. The summed E-state index contributed by atoms with van der Waals surface area (Å²) in [6.07, 6.45) is 1.87. The summed E-state index contributed by atoms with van der Waals surface area (Å²) in [6, 6.07) is 7.54. The molecule has 0 saturated carbocycles. The molecule has 0 bridgehead atoms. The molecule has 4 heteroatoms. The smallest absolute Gasteiger partial charge is 0.303 e. The van der Waals surface area contributed by atoms with E-state index in [4.69, 9.17) is 0 Å². The van der Waals surface area contributed by atoms with Gasteiger partial charge in [-0.05, 0) is 24.0 Å². The zero-order valence-electron chi connectivity index (χ0n) is 10.4. The molecule has 0 aliphatic rings. The summed E-state index contributed by atoms with van der Waals surface area (Å²) in [5, 5.41) is 0. The SMILES string of the molecule is CC(C)Cc1cccc(-c2[nH]c(=O)ncc2F)c1. The van der Waals surface area contributed by atoms with Gasteiger partial charge in [-0.25, -0.2) is 9.18 Å². The standard InChI is InChI=1S/C14H15FN2O/c1-9(2)6-10-4-3-5-11(7-10)13-12(15)8-16-14(18)17-13/h3-5,7-9H,6H2,1-2H3,(H,16,17,18). The Labute approximate surface area is 105 Å². The van der Waals surface area contributed by atoms with E-state index >= 15 is 0 Å². The van der Waals surface area contributed by atoms with Crippen LogP contribution in [0.25, 0.3) is 11.3 Å². The van der Waals surface area contributed by atoms with Crippen molar-refractivity contribution in [2.75, 3.05) is 0 Å². The first-order chi connectivity index (χ1) is 8.56. The van der Waals surface area contributed by atoms with Crippen molar-refractivity contribution in [1.82, 2.24) is 9.97 Å². The van der Waals surface area contributed by atoms with E-state index in [0.717, 1.165) is 18.2 Å². The highest BCUT2D eigenvalue weighted by molar-refractivity contribution is 5.60. The number of aromatic nitrogens is 2. The fourth-order valence-electron chi connectivity index (χ4n) is 1.91. The molecule has 3 nitrogen and oxygen atoms in total. The van der Waals surface area contributed by atoms with Gasteiger partial charge in [0.2, 0.25) is 0 Å². The molecule has 2 rings (SSSR count). The number of H-pyrrole nitrogens is 1. The quantitative estimate of drug-likeness (QED) is 0.905. The number of rotatable bonds is 3. The molecule has 0 spiro atoms. The Morgan fingerprint density at radius 1 is 1.39 bits per heavy atom. The molecule has 0 saturated heterocycles. The summed E-state index contributed by atoms with van der Waals surface area (Å²) in [6.45, 7) is 4.25. The molecule has 0 radical (unpaired) electrons. The minimum Gasteiger partial charge on any atom is -0.303 e. The maximum Gasteiger partial charge on any atom is 0.345 e. The van der Waals surface area contributed by atoms with E-state index in [1.807, 2.05) is 18.2 Å². The molecule has 0 fully saturated rings. The topological polar surface area (TPSA) is 45.8 Å². The van der Waals surface area contributed by atoms with Crippen LogP contribution in [0.3, 0.4) is 0 Å². The number of nitrogens with one attached hydrogen (secondary N) is 1. The average Bonchev–Trinajstić information content (AvgIpc) is 2.32. The third-order valence-corrected chi connectivity index (χ3v) is 2.63. The molecule has 1 aromatic heterocycles. The van der Waals surface area contributed by atoms with E-state index in [0.29, 0.717) is 11.5 Å². The van der Waals surface area contributed by atoms with Crippen molar-refractivity contribution < 1.29 is 4.39 Å². The maximum atomic E-state index is 13.6. The van der Waals surface area contributed by atoms with E-state index in [2.05, 4.69) is 23.8 Å². The number of halogens is 1. The van der Waals surface area contributed by atoms with Crippen molar-refractivity contribution in [3.63, 3.8) is 0 Å². The predicted molar refractivity (Wildman–Crippen MR) is 68.8 cm³/mol. The fourth-order valence-corrected chi connectivity index (χ4v) is 1.91. The summed E-state index contributed by atoms with van der Waals surface area (Å²) < 4.78 is 13.6. The Balaban J connectivity index is 2.44. The highest BCUT2D eigenvalue weighted by Crippen LogP contribution is 2.21. The van der Waals surface area contributed by atoms with Gasteiger partial charge in [0.25, 0.3) is 0 Å². The summed E-state index contributed by atoms with van der Waals surface area (Å²) >= 11 is 0. The van der Waals surface area contributed by atoms with Crippen LogP contribution >= 0.6 is 0 Å². The highest BCUT2D eigenvalue weighted by atomic mass is 19.1. The second kappa shape index (κ2) is 5.12. The van der Waals surface area contributed by atoms with Crippen LogP contribution < -0.4 is 5.69 Å². The fraction of sp³-hybridized carbons (Fsp3) is 0.286. The molecule has 0 amide bonds. The molecule has 0 aliphatic heterocycles. The van der Waals surface area contributed by atoms with Gasteiger partial charge in [0.05, 0.1) is 11.9 Å². The Bertz CT molecular complexity index is 605. The zero-order valence-corrected chi connectivity index (χ0v) is 10.4. The van der Waals surface area contributed by atoms with Gasteiger partial charge in [0.15, 0.2) is 5.82 Å². The van der Waals surface area contributed by atoms with Gasteiger partial charge in [-0.3, -0.25) is 0 Å². The molecule has 1 aromatic carbocycles. The Morgan fingerprint density at radius 3 is 2.89 bits per heavy atom. The van der Waals surface area contributed by atoms with Gasteiger partial charge in [0, 0.05) is 5.56 Å². The lowest BCUT2D eigenvalue weighted by molar-refractivity contribution is 0.615. The summed E-state index contributed by atoms with van der Waals surface area (Å²) in [5.74, 6) is 0.0119. The number of hydrogen-bond donors (Lipinski definition) is 1. The third kappa shape index (κ3) is 2.83. The lowest BCUT2D eigenvalue weighted by Crippen LogP contribution is -2.11. The summed E-state index contributed by atoms with van der Waals surface area (Å²) in [7, 11) is 0. The molecule has 0 unspecified atom stereocenters. The second-order valence-electron chi connectivity index (χ2n) is 4.71. The van der Waals surface area contributed by atoms with E-state index in [1.54, 1.807) is 6.07 Å². The van der Waals surface area contributed by atoms with Gasteiger partial charge < -0.3 is 4.98 Å². The van der Waals surface area contributed by atoms with Crippen LogP contribution in [0.2, 0.25) is 0 Å². The first kappa shape index (κ1) is 12.5. The van der Waals surface area contributed by atoms with E-state index < -0.39 is 11.5 Å². The van der Waals surface area contributed by atoms with Crippen LogP contribution in [0.15, 0.2) is 35.3 Å². The first-order valence-corrected chi connectivity index (χ1v) is 5.90. The number of hydrogen-bond acceptors (Lipinski definition) is 2. The minimum atomic E-state index is -0.541. The first-order valence-electron chi connectivity index (χ1n) is 5.90. The zero-order chi connectivity index (χ0) is 13.1. The van der Waals surface area contributed by atoms with E-state index in [9.17, 15) is 9.18 Å². The lowest BCUT2D eigenvalue weighted by Gasteiger charge is -2.08.